The third kappa shape index (κ3) is 26.1. The van der Waals surface area contributed by atoms with Crippen molar-refractivity contribution in [3.8, 4) is 0 Å². The highest BCUT2D eigenvalue weighted by molar-refractivity contribution is 9.25. The summed E-state index contributed by atoms with van der Waals surface area (Å²) in [7, 11) is 0. The molecule has 0 N–H and O–H groups in total. The average molecular weight is 653 g/mol. The van der Waals surface area contributed by atoms with Crippen molar-refractivity contribution in [3.05, 3.63) is 0 Å². The van der Waals surface area contributed by atoms with E-state index in [0.29, 0.717) is 12.8 Å². The van der Waals surface area contributed by atoms with Crippen LogP contribution in [-0.4, -0.2) is 15.2 Å². The van der Waals surface area contributed by atoms with Gasteiger partial charge in [-0.3, -0.25) is 4.79 Å². The molecule has 0 aliphatic rings. The third-order valence-electron chi connectivity index (χ3n) is 7.33. The van der Waals surface area contributed by atoms with Crippen molar-refractivity contribution in [3.63, 3.8) is 0 Å². The summed E-state index contributed by atoms with van der Waals surface area (Å²) in [6.45, 7) is 4.53. The van der Waals surface area contributed by atoms with Gasteiger partial charge in [0.15, 0.2) is 3.23 Å². The lowest BCUT2D eigenvalue weighted by atomic mass is 10.0. The Balaban J connectivity index is 3.58. The average Bonchev–Trinajstić information content (AvgIpc) is 2.87. The van der Waals surface area contributed by atoms with E-state index in [0.717, 1.165) is 32.1 Å². The molecule has 0 heterocycles. The molecular weight excluding hydrogens is 592 g/mol. The van der Waals surface area contributed by atoms with Gasteiger partial charge in [-0.25, -0.2) is 4.79 Å². The first kappa shape index (κ1) is 37.1. The summed E-state index contributed by atoms with van der Waals surface area (Å²) in [5, 5.41) is 0. The fourth-order valence-electron chi connectivity index (χ4n) is 4.81. The summed E-state index contributed by atoms with van der Waals surface area (Å²) in [5.74, 6) is -0.902. The van der Waals surface area contributed by atoms with Crippen LogP contribution in [0.4, 0.5) is 0 Å². The zero-order chi connectivity index (χ0) is 27.5. The molecular formula is C32H60Br2O3. The predicted molar refractivity (Wildman–Crippen MR) is 168 cm³/mol. The van der Waals surface area contributed by atoms with Crippen molar-refractivity contribution in [2.75, 3.05) is 0 Å². The molecule has 3 nitrogen and oxygen atoms in total. The molecule has 0 aromatic rings. The maximum Gasteiger partial charge on any atom is 0.341 e. The molecule has 0 radical (unpaired) electrons. The minimum atomic E-state index is -0.940. The van der Waals surface area contributed by atoms with Gasteiger partial charge in [-0.2, -0.15) is 0 Å². The Kier molecular flexibility index (Phi) is 27.7. The van der Waals surface area contributed by atoms with E-state index in [1.54, 1.807) is 0 Å². The van der Waals surface area contributed by atoms with Crippen LogP contribution in [0, 0.1) is 0 Å². The standard InChI is InChI=1S/C32H60Br2O3/c1-3-5-7-9-11-13-15-17-18-20-22-24-26-28-30(35)37-31(36)32(33,34)29-27-25-23-21-19-16-14-12-10-8-6-4-2/h3-29H2,1-2H3. The lowest BCUT2D eigenvalue weighted by molar-refractivity contribution is -0.159. The minimum absolute atomic E-state index is 0.332. The van der Waals surface area contributed by atoms with Gasteiger partial charge in [-0.05, 0) is 12.8 Å². The van der Waals surface area contributed by atoms with Crippen molar-refractivity contribution < 1.29 is 14.3 Å². The maximum atomic E-state index is 12.4. The van der Waals surface area contributed by atoms with Gasteiger partial charge in [0.1, 0.15) is 0 Å². The number of halogens is 2. The van der Waals surface area contributed by atoms with Gasteiger partial charge < -0.3 is 4.74 Å². The number of unbranched alkanes of at least 4 members (excludes halogenated alkanes) is 23. The summed E-state index contributed by atoms with van der Waals surface area (Å²) in [5.41, 5.74) is 0. The fraction of sp³-hybridized carbons (Fsp3) is 0.938. The molecule has 0 saturated heterocycles. The van der Waals surface area contributed by atoms with Crippen molar-refractivity contribution in [2.45, 2.75) is 190 Å². The first-order valence-electron chi connectivity index (χ1n) is 16.1. The second-order valence-electron chi connectivity index (χ2n) is 11.1. The van der Waals surface area contributed by atoms with Gasteiger partial charge in [0.05, 0.1) is 0 Å². The van der Waals surface area contributed by atoms with E-state index in [1.807, 2.05) is 0 Å². The number of alkyl halides is 2. The number of ether oxygens (including phenoxy) is 1. The van der Waals surface area contributed by atoms with Gasteiger partial charge in [-0.15, -0.1) is 0 Å². The van der Waals surface area contributed by atoms with Gasteiger partial charge in [0, 0.05) is 6.42 Å². The highest BCUT2D eigenvalue weighted by Gasteiger charge is 2.35. The highest BCUT2D eigenvalue weighted by atomic mass is 79.9. The second kappa shape index (κ2) is 27.7. The Morgan fingerprint density at radius 1 is 0.486 bits per heavy atom. The molecule has 0 rings (SSSR count). The summed E-state index contributed by atoms with van der Waals surface area (Å²) in [6, 6.07) is 0. The maximum absolute atomic E-state index is 12.4. The zero-order valence-electron chi connectivity index (χ0n) is 24.6. The van der Waals surface area contributed by atoms with Crippen molar-refractivity contribution in [1.82, 2.24) is 0 Å². The number of carbonyl (C=O) groups is 2. The molecule has 220 valence electrons. The lowest BCUT2D eigenvalue weighted by Gasteiger charge is -2.17. The molecule has 0 aromatic heterocycles. The van der Waals surface area contributed by atoms with E-state index in [9.17, 15) is 9.59 Å². The van der Waals surface area contributed by atoms with Crippen molar-refractivity contribution in [2.24, 2.45) is 0 Å². The number of rotatable bonds is 28. The number of esters is 2. The van der Waals surface area contributed by atoms with Crippen LogP contribution in [0.1, 0.15) is 187 Å². The van der Waals surface area contributed by atoms with E-state index in [2.05, 4.69) is 45.7 Å². The molecule has 0 aliphatic carbocycles. The van der Waals surface area contributed by atoms with E-state index in [-0.39, 0.29) is 0 Å². The quantitative estimate of drug-likeness (QED) is 0.0366. The number of hydrogen-bond donors (Lipinski definition) is 0. The molecule has 0 saturated carbocycles. The normalized spacial score (nSPS) is 11.7. The lowest BCUT2D eigenvalue weighted by Crippen LogP contribution is -2.29. The summed E-state index contributed by atoms with van der Waals surface area (Å²) in [4.78, 5) is 24.5. The van der Waals surface area contributed by atoms with Gasteiger partial charge >= 0.3 is 11.9 Å². The van der Waals surface area contributed by atoms with E-state index >= 15 is 0 Å². The van der Waals surface area contributed by atoms with Gasteiger partial charge in [-0.1, -0.05) is 200 Å². The van der Waals surface area contributed by atoms with E-state index < -0.39 is 15.2 Å². The Morgan fingerprint density at radius 2 is 0.784 bits per heavy atom. The van der Waals surface area contributed by atoms with Crippen LogP contribution in [0.15, 0.2) is 0 Å². The summed E-state index contributed by atoms with van der Waals surface area (Å²) < 4.78 is 4.17. The monoisotopic (exact) mass is 650 g/mol. The number of hydrogen-bond acceptors (Lipinski definition) is 3. The second-order valence-corrected chi connectivity index (χ2v) is 14.9. The Labute approximate surface area is 247 Å². The highest BCUT2D eigenvalue weighted by Crippen LogP contribution is 2.34. The largest absolute Gasteiger partial charge is 0.391 e. The molecule has 5 heteroatoms. The van der Waals surface area contributed by atoms with E-state index in [4.69, 9.17) is 4.74 Å². The minimum Gasteiger partial charge on any atom is -0.391 e. The Hall–Kier alpha value is 0.1000. The van der Waals surface area contributed by atoms with Crippen LogP contribution in [0.5, 0.6) is 0 Å². The SMILES string of the molecule is CCCCCCCCCCCCCCCC(=O)OC(=O)C(Br)(Br)CCCCCCCCCCCCCC. The molecule has 37 heavy (non-hydrogen) atoms. The van der Waals surface area contributed by atoms with Crippen LogP contribution in [-0.2, 0) is 14.3 Å². The summed E-state index contributed by atoms with van der Waals surface area (Å²) in [6.07, 6.45) is 32.9. The van der Waals surface area contributed by atoms with Gasteiger partial charge in [0.2, 0.25) is 0 Å². The molecule has 0 bridgehead atoms. The van der Waals surface area contributed by atoms with Crippen molar-refractivity contribution in [1.29, 1.82) is 0 Å². The van der Waals surface area contributed by atoms with Crippen LogP contribution < -0.4 is 0 Å². The summed E-state index contributed by atoms with van der Waals surface area (Å²) >= 11 is 6.88. The zero-order valence-corrected chi connectivity index (χ0v) is 27.7. The Morgan fingerprint density at radius 3 is 1.14 bits per heavy atom. The van der Waals surface area contributed by atoms with Crippen LogP contribution in [0.2, 0.25) is 0 Å². The molecule has 0 amide bonds. The Bertz CT molecular complexity index is 522. The van der Waals surface area contributed by atoms with Crippen molar-refractivity contribution >= 4 is 43.8 Å². The first-order valence-corrected chi connectivity index (χ1v) is 17.7. The fourth-order valence-corrected chi connectivity index (χ4v) is 5.53. The first-order chi connectivity index (χ1) is 17.9. The van der Waals surface area contributed by atoms with Gasteiger partial charge in [0.25, 0.3) is 0 Å². The molecule has 0 atom stereocenters. The molecule has 0 unspecified atom stereocenters. The smallest absolute Gasteiger partial charge is 0.341 e. The molecule has 0 spiro atoms. The predicted octanol–water partition coefficient (Wildman–Crippen LogP) is 12.1. The number of carbonyl (C=O) groups excluding carboxylic acids is 2. The van der Waals surface area contributed by atoms with Crippen LogP contribution >= 0.6 is 31.9 Å². The van der Waals surface area contributed by atoms with Crippen LogP contribution in [0.3, 0.4) is 0 Å². The third-order valence-corrected chi connectivity index (χ3v) is 8.77. The molecule has 0 aromatic carbocycles. The topological polar surface area (TPSA) is 43.4 Å². The molecule has 0 aliphatic heterocycles. The van der Waals surface area contributed by atoms with E-state index in [1.165, 1.54) is 128 Å². The van der Waals surface area contributed by atoms with Crippen LogP contribution in [0.25, 0.3) is 0 Å². The molecule has 0 fully saturated rings.